The number of hydrogen-bond acceptors (Lipinski definition) is 5. The maximum absolute atomic E-state index is 10.8. The molecule has 0 spiro atoms. The van der Waals surface area contributed by atoms with Gasteiger partial charge in [-0.25, -0.2) is 5.01 Å². The highest BCUT2D eigenvalue weighted by molar-refractivity contribution is 5.75. The number of amides is 1. The van der Waals surface area contributed by atoms with E-state index in [1.54, 1.807) is 0 Å². The number of primary amides is 1. The monoisotopic (exact) mass is 229 g/mol. The van der Waals surface area contributed by atoms with Crippen LogP contribution in [0.3, 0.4) is 0 Å². The van der Waals surface area contributed by atoms with E-state index in [0.717, 1.165) is 39.3 Å². The predicted molar refractivity (Wildman–Crippen MR) is 63.8 cm³/mol. The number of hydrazine groups is 1. The molecule has 1 heterocycles. The summed E-state index contributed by atoms with van der Waals surface area (Å²) >= 11 is 0. The molecule has 0 aromatic heterocycles. The SMILES string of the molecule is CNN(C)CCN1CCN(CC(N)=O)CC1. The second-order valence-corrected chi connectivity index (χ2v) is 4.23. The van der Waals surface area contributed by atoms with Gasteiger partial charge in [-0.1, -0.05) is 0 Å². The Labute approximate surface area is 97.3 Å². The second-order valence-electron chi connectivity index (χ2n) is 4.23. The van der Waals surface area contributed by atoms with E-state index in [0.29, 0.717) is 6.54 Å². The molecule has 3 N–H and O–H groups in total. The van der Waals surface area contributed by atoms with Gasteiger partial charge in [-0.15, -0.1) is 0 Å². The molecule has 1 aliphatic rings. The third-order valence-electron chi connectivity index (χ3n) is 2.98. The number of nitrogens with zero attached hydrogens (tertiary/aromatic N) is 3. The van der Waals surface area contributed by atoms with Crippen LogP contribution < -0.4 is 11.2 Å². The zero-order valence-corrected chi connectivity index (χ0v) is 10.3. The first-order valence-corrected chi connectivity index (χ1v) is 5.73. The summed E-state index contributed by atoms with van der Waals surface area (Å²) in [6.07, 6.45) is 0. The summed E-state index contributed by atoms with van der Waals surface area (Å²) in [6, 6.07) is 0. The predicted octanol–water partition coefficient (Wildman–Crippen LogP) is -1.84. The van der Waals surface area contributed by atoms with Gasteiger partial charge in [-0.05, 0) is 7.05 Å². The van der Waals surface area contributed by atoms with Gasteiger partial charge in [0.05, 0.1) is 6.54 Å². The number of nitrogens with two attached hydrogens (primary N) is 1. The second kappa shape index (κ2) is 6.80. The van der Waals surface area contributed by atoms with E-state index in [9.17, 15) is 4.79 Å². The van der Waals surface area contributed by atoms with E-state index in [-0.39, 0.29) is 5.91 Å². The van der Waals surface area contributed by atoms with Crippen LogP contribution in [0.15, 0.2) is 0 Å². The highest BCUT2D eigenvalue weighted by Gasteiger charge is 2.17. The molecule has 6 nitrogen and oxygen atoms in total. The lowest BCUT2D eigenvalue weighted by Crippen LogP contribution is -2.50. The van der Waals surface area contributed by atoms with Crippen LogP contribution in [0.2, 0.25) is 0 Å². The Morgan fingerprint density at radius 2 is 1.88 bits per heavy atom. The molecule has 0 radical (unpaired) electrons. The van der Waals surface area contributed by atoms with Gasteiger partial charge in [0.25, 0.3) is 0 Å². The molecule has 0 unspecified atom stereocenters. The Kier molecular flexibility index (Phi) is 5.68. The molecule has 1 fully saturated rings. The Morgan fingerprint density at radius 1 is 1.31 bits per heavy atom. The molecule has 0 saturated carbocycles. The molecule has 1 rings (SSSR count). The largest absolute Gasteiger partial charge is 0.369 e. The van der Waals surface area contributed by atoms with Crippen molar-refractivity contribution in [2.45, 2.75) is 0 Å². The fourth-order valence-electron chi connectivity index (χ4n) is 1.79. The number of rotatable bonds is 6. The van der Waals surface area contributed by atoms with Crippen molar-refractivity contribution in [3.8, 4) is 0 Å². The standard InChI is InChI=1S/C10H23N5O/c1-12-13(2)3-4-14-5-7-15(8-6-14)9-10(11)16/h12H,3-9H2,1-2H3,(H2,11,16). The van der Waals surface area contributed by atoms with E-state index in [1.165, 1.54) is 0 Å². The highest BCUT2D eigenvalue weighted by Crippen LogP contribution is 2.00. The van der Waals surface area contributed by atoms with Crippen LogP contribution >= 0.6 is 0 Å². The number of hydrogen-bond donors (Lipinski definition) is 2. The van der Waals surface area contributed by atoms with Gasteiger partial charge >= 0.3 is 0 Å². The average Bonchev–Trinajstić information content (AvgIpc) is 2.27. The quantitative estimate of drug-likeness (QED) is 0.524. The van der Waals surface area contributed by atoms with Crippen LogP contribution in [-0.2, 0) is 4.79 Å². The first-order chi connectivity index (χ1) is 7.61. The highest BCUT2D eigenvalue weighted by atomic mass is 16.1. The minimum atomic E-state index is -0.233. The van der Waals surface area contributed by atoms with E-state index in [1.807, 2.05) is 14.1 Å². The van der Waals surface area contributed by atoms with Crippen molar-refractivity contribution in [3.63, 3.8) is 0 Å². The number of carbonyl (C=O) groups excluding carboxylic acids is 1. The van der Waals surface area contributed by atoms with Crippen LogP contribution in [0, 0.1) is 0 Å². The minimum Gasteiger partial charge on any atom is -0.369 e. The molecule has 0 bridgehead atoms. The maximum Gasteiger partial charge on any atom is 0.231 e. The molecule has 0 aliphatic carbocycles. The number of nitrogens with one attached hydrogen (secondary N) is 1. The molecule has 16 heavy (non-hydrogen) atoms. The van der Waals surface area contributed by atoms with Gasteiger partial charge in [-0.2, -0.15) is 0 Å². The van der Waals surface area contributed by atoms with E-state index in [4.69, 9.17) is 5.73 Å². The topological polar surface area (TPSA) is 64.8 Å². The molecular weight excluding hydrogens is 206 g/mol. The summed E-state index contributed by atoms with van der Waals surface area (Å²) in [5, 5.41) is 2.07. The summed E-state index contributed by atoms with van der Waals surface area (Å²) < 4.78 is 0. The van der Waals surface area contributed by atoms with Gasteiger partial charge in [0.15, 0.2) is 0 Å². The summed E-state index contributed by atoms with van der Waals surface area (Å²) in [6.45, 7) is 6.37. The van der Waals surface area contributed by atoms with Crippen LogP contribution in [0.1, 0.15) is 0 Å². The van der Waals surface area contributed by atoms with Crippen molar-refractivity contribution in [2.75, 3.05) is 59.9 Å². The average molecular weight is 229 g/mol. The third-order valence-corrected chi connectivity index (χ3v) is 2.98. The van der Waals surface area contributed by atoms with Crippen molar-refractivity contribution in [1.82, 2.24) is 20.2 Å². The Morgan fingerprint density at radius 3 is 2.38 bits per heavy atom. The Balaban J connectivity index is 2.14. The number of piperazine rings is 1. The van der Waals surface area contributed by atoms with E-state index in [2.05, 4.69) is 20.2 Å². The molecule has 94 valence electrons. The maximum atomic E-state index is 10.8. The lowest BCUT2D eigenvalue weighted by atomic mass is 10.3. The lowest BCUT2D eigenvalue weighted by molar-refractivity contribution is -0.119. The molecule has 1 aliphatic heterocycles. The number of carbonyl (C=O) groups is 1. The molecule has 0 aromatic carbocycles. The molecule has 1 saturated heterocycles. The van der Waals surface area contributed by atoms with Crippen LogP contribution in [0.25, 0.3) is 0 Å². The zero-order valence-electron chi connectivity index (χ0n) is 10.3. The molecule has 0 aromatic rings. The summed E-state index contributed by atoms with van der Waals surface area (Å²) in [7, 11) is 3.95. The van der Waals surface area contributed by atoms with Crippen LogP contribution in [0.4, 0.5) is 0 Å². The molecule has 0 atom stereocenters. The normalized spacial score (nSPS) is 19.2. The molecular formula is C10H23N5O. The van der Waals surface area contributed by atoms with Gasteiger partial charge in [0.1, 0.15) is 0 Å². The van der Waals surface area contributed by atoms with E-state index < -0.39 is 0 Å². The molecule has 6 heteroatoms. The summed E-state index contributed by atoms with van der Waals surface area (Å²) in [5.41, 5.74) is 8.24. The fraction of sp³-hybridized carbons (Fsp3) is 0.900. The van der Waals surface area contributed by atoms with Crippen molar-refractivity contribution in [1.29, 1.82) is 0 Å². The smallest absolute Gasteiger partial charge is 0.231 e. The van der Waals surface area contributed by atoms with Crippen molar-refractivity contribution in [2.24, 2.45) is 5.73 Å². The van der Waals surface area contributed by atoms with Crippen molar-refractivity contribution in [3.05, 3.63) is 0 Å². The minimum absolute atomic E-state index is 0.233. The van der Waals surface area contributed by atoms with Gasteiger partial charge in [0.2, 0.25) is 5.91 Å². The fourth-order valence-corrected chi connectivity index (χ4v) is 1.79. The third kappa shape index (κ3) is 4.89. The first kappa shape index (κ1) is 13.4. The van der Waals surface area contributed by atoms with E-state index >= 15 is 0 Å². The number of likely N-dealkylation sites (N-methyl/N-ethyl adjacent to an activating group) is 1. The zero-order chi connectivity index (χ0) is 12.0. The first-order valence-electron chi connectivity index (χ1n) is 5.73. The lowest BCUT2D eigenvalue weighted by Gasteiger charge is -2.34. The van der Waals surface area contributed by atoms with Crippen LogP contribution in [-0.4, -0.2) is 80.6 Å². The Bertz CT molecular complexity index is 215. The van der Waals surface area contributed by atoms with Gasteiger partial charge < -0.3 is 5.73 Å². The Hall–Kier alpha value is -0.690. The molecule has 1 amide bonds. The van der Waals surface area contributed by atoms with Gasteiger partial charge in [-0.3, -0.25) is 20.0 Å². The summed E-state index contributed by atoms with van der Waals surface area (Å²) in [5.74, 6) is -0.233. The van der Waals surface area contributed by atoms with Gasteiger partial charge in [0, 0.05) is 46.3 Å². The van der Waals surface area contributed by atoms with Crippen molar-refractivity contribution >= 4 is 5.91 Å². The summed E-state index contributed by atoms with van der Waals surface area (Å²) in [4.78, 5) is 15.3. The van der Waals surface area contributed by atoms with Crippen molar-refractivity contribution < 1.29 is 4.79 Å². The van der Waals surface area contributed by atoms with Crippen LogP contribution in [0.5, 0.6) is 0 Å².